The summed E-state index contributed by atoms with van der Waals surface area (Å²) in [6.07, 6.45) is 2.93. The molecular formula is C14H25N3O5. The van der Waals surface area contributed by atoms with Crippen LogP contribution in [0.3, 0.4) is 0 Å². The van der Waals surface area contributed by atoms with Crippen molar-refractivity contribution in [2.45, 2.75) is 39.0 Å². The number of hydrogen-bond donors (Lipinski definition) is 3. The van der Waals surface area contributed by atoms with Gasteiger partial charge in [0.2, 0.25) is 0 Å². The summed E-state index contributed by atoms with van der Waals surface area (Å²) in [6.45, 7) is 0.416. The van der Waals surface area contributed by atoms with Gasteiger partial charge in [-0.25, -0.2) is 4.79 Å². The second kappa shape index (κ2) is 10.1. The third-order valence-corrected chi connectivity index (χ3v) is 3.45. The van der Waals surface area contributed by atoms with Crippen molar-refractivity contribution in [3.8, 4) is 0 Å². The van der Waals surface area contributed by atoms with Crippen molar-refractivity contribution in [1.82, 2.24) is 0 Å². The van der Waals surface area contributed by atoms with Crippen molar-refractivity contribution >= 4 is 23.5 Å². The lowest BCUT2D eigenvalue weighted by Gasteiger charge is -2.27. The van der Waals surface area contributed by atoms with Gasteiger partial charge in [-0.3, -0.25) is 14.4 Å². The highest BCUT2D eigenvalue weighted by atomic mass is 16.6. The first-order chi connectivity index (χ1) is 10.4. The highest BCUT2D eigenvalue weighted by molar-refractivity contribution is 6.24. The second-order valence-corrected chi connectivity index (χ2v) is 4.94. The molecule has 0 rings (SSSR count). The maximum atomic E-state index is 12.2. The van der Waals surface area contributed by atoms with Crippen molar-refractivity contribution in [1.29, 1.82) is 0 Å². The molecule has 0 aromatic carbocycles. The molecule has 0 aliphatic heterocycles. The third-order valence-electron chi connectivity index (χ3n) is 3.45. The maximum Gasteiger partial charge on any atom is 0.335 e. The number of carbonyl (C=O) groups excluding carboxylic acids is 4. The monoisotopic (exact) mass is 315 g/mol. The topological polar surface area (TPSA) is 156 Å². The number of esters is 2. The Labute approximate surface area is 129 Å². The molecular weight excluding hydrogens is 290 g/mol. The van der Waals surface area contributed by atoms with Gasteiger partial charge >= 0.3 is 11.9 Å². The van der Waals surface area contributed by atoms with E-state index in [9.17, 15) is 19.2 Å². The van der Waals surface area contributed by atoms with Crippen LogP contribution in [0.15, 0.2) is 0 Å². The fourth-order valence-corrected chi connectivity index (χ4v) is 2.16. The predicted molar refractivity (Wildman–Crippen MR) is 79.5 cm³/mol. The van der Waals surface area contributed by atoms with Gasteiger partial charge in [-0.05, 0) is 6.42 Å². The van der Waals surface area contributed by atoms with E-state index in [0.29, 0.717) is 6.42 Å². The highest BCUT2D eigenvalue weighted by Crippen LogP contribution is 2.30. The Balaban J connectivity index is 5.45. The molecule has 0 bridgehead atoms. The second-order valence-electron chi connectivity index (χ2n) is 4.94. The molecule has 0 amide bonds. The molecule has 0 spiro atoms. The Morgan fingerprint density at radius 2 is 1.41 bits per heavy atom. The fourth-order valence-electron chi connectivity index (χ4n) is 2.16. The average Bonchev–Trinajstić information content (AvgIpc) is 2.53. The SMILES string of the molecule is CCCCCCC(C(=O)CN)(C(=O)CN)C(=O)OC(=O)CN. The first-order valence-electron chi connectivity index (χ1n) is 7.32. The molecule has 0 aromatic heterocycles. The van der Waals surface area contributed by atoms with Crippen molar-refractivity contribution in [3.05, 3.63) is 0 Å². The number of hydrogen-bond acceptors (Lipinski definition) is 8. The quantitative estimate of drug-likeness (QED) is 0.250. The van der Waals surface area contributed by atoms with Gasteiger partial charge in [-0.1, -0.05) is 32.6 Å². The molecule has 8 nitrogen and oxygen atoms in total. The van der Waals surface area contributed by atoms with Crippen LogP contribution in [0.2, 0.25) is 0 Å². The van der Waals surface area contributed by atoms with E-state index in [1.807, 2.05) is 6.92 Å². The van der Waals surface area contributed by atoms with Crippen LogP contribution < -0.4 is 17.2 Å². The minimum atomic E-state index is -2.11. The lowest BCUT2D eigenvalue weighted by Crippen LogP contribution is -2.52. The van der Waals surface area contributed by atoms with Crippen molar-refractivity contribution < 1.29 is 23.9 Å². The number of unbranched alkanes of at least 4 members (excludes halogenated alkanes) is 3. The number of carbonyl (C=O) groups is 4. The van der Waals surface area contributed by atoms with Crippen LogP contribution in [0.1, 0.15) is 39.0 Å². The van der Waals surface area contributed by atoms with E-state index < -0.39 is 48.6 Å². The summed E-state index contributed by atoms with van der Waals surface area (Å²) in [5.41, 5.74) is 13.6. The largest absolute Gasteiger partial charge is 0.391 e. The summed E-state index contributed by atoms with van der Waals surface area (Å²) in [5, 5.41) is 0. The number of rotatable bonds is 11. The fraction of sp³-hybridized carbons (Fsp3) is 0.714. The molecule has 22 heavy (non-hydrogen) atoms. The standard InChI is InChI=1S/C14H25N3O5/c1-2-3-4-5-6-14(10(18)7-15,11(19)8-16)13(21)22-12(20)9-17/h2-9,15-17H2,1H3. The van der Waals surface area contributed by atoms with E-state index in [-0.39, 0.29) is 6.42 Å². The normalized spacial score (nSPS) is 11.1. The van der Waals surface area contributed by atoms with Gasteiger partial charge in [0.1, 0.15) is 0 Å². The third kappa shape index (κ3) is 4.97. The highest BCUT2D eigenvalue weighted by Gasteiger charge is 2.52. The number of ether oxygens (including phenoxy) is 1. The lowest BCUT2D eigenvalue weighted by molar-refractivity contribution is -0.170. The molecule has 6 N–H and O–H groups in total. The number of ketones is 2. The van der Waals surface area contributed by atoms with E-state index in [2.05, 4.69) is 4.74 Å². The van der Waals surface area contributed by atoms with Crippen molar-refractivity contribution in [2.24, 2.45) is 22.6 Å². The Morgan fingerprint density at radius 1 is 0.864 bits per heavy atom. The summed E-state index contributed by atoms with van der Waals surface area (Å²) in [7, 11) is 0. The zero-order chi connectivity index (χ0) is 17.2. The summed E-state index contributed by atoms with van der Waals surface area (Å²) >= 11 is 0. The van der Waals surface area contributed by atoms with Crippen LogP contribution in [0.4, 0.5) is 0 Å². The van der Waals surface area contributed by atoms with Crippen molar-refractivity contribution in [2.75, 3.05) is 19.6 Å². The minimum Gasteiger partial charge on any atom is -0.391 e. The Kier molecular flexibility index (Phi) is 9.39. The minimum absolute atomic E-state index is 0.0737. The molecule has 0 unspecified atom stereocenters. The van der Waals surface area contributed by atoms with Gasteiger partial charge in [0.15, 0.2) is 17.0 Å². The molecule has 0 aliphatic rings. The van der Waals surface area contributed by atoms with E-state index in [1.54, 1.807) is 0 Å². The van der Waals surface area contributed by atoms with Gasteiger partial charge in [0.25, 0.3) is 0 Å². The zero-order valence-electron chi connectivity index (χ0n) is 12.9. The molecule has 0 aliphatic carbocycles. The van der Waals surface area contributed by atoms with Crippen LogP contribution in [0.25, 0.3) is 0 Å². The van der Waals surface area contributed by atoms with Crippen LogP contribution in [0.5, 0.6) is 0 Å². The average molecular weight is 315 g/mol. The Morgan fingerprint density at radius 3 is 1.82 bits per heavy atom. The molecule has 0 atom stereocenters. The summed E-state index contributed by atoms with van der Waals surface area (Å²) < 4.78 is 4.51. The number of Topliss-reactive ketones (excluding diaryl/α,β-unsaturated/α-hetero) is 2. The first-order valence-corrected chi connectivity index (χ1v) is 7.32. The van der Waals surface area contributed by atoms with Gasteiger partial charge in [0, 0.05) is 0 Å². The molecule has 0 heterocycles. The van der Waals surface area contributed by atoms with Crippen LogP contribution in [0, 0.1) is 5.41 Å². The lowest BCUT2D eigenvalue weighted by atomic mass is 9.74. The Bertz CT molecular complexity index is 407. The van der Waals surface area contributed by atoms with Gasteiger partial charge in [-0.2, -0.15) is 0 Å². The molecule has 0 radical (unpaired) electrons. The maximum absolute atomic E-state index is 12.2. The number of nitrogens with two attached hydrogens (primary N) is 3. The van der Waals surface area contributed by atoms with Crippen LogP contribution in [-0.2, 0) is 23.9 Å². The molecule has 0 aromatic rings. The van der Waals surface area contributed by atoms with Gasteiger partial charge < -0.3 is 21.9 Å². The van der Waals surface area contributed by atoms with E-state index in [0.717, 1.165) is 19.3 Å². The van der Waals surface area contributed by atoms with Crippen LogP contribution in [-0.4, -0.2) is 43.1 Å². The molecule has 0 saturated carbocycles. The van der Waals surface area contributed by atoms with E-state index >= 15 is 0 Å². The van der Waals surface area contributed by atoms with Crippen molar-refractivity contribution in [3.63, 3.8) is 0 Å². The summed E-state index contributed by atoms with van der Waals surface area (Å²) in [5.74, 6) is -3.84. The smallest absolute Gasteiger partial charge is 0.335 e. The van der Waals surface area contributed by atoms with Gasteiger partial charge in [-0.15, -0.1) is 0 Å². The zero-order valence-corrected chi connectivity index (χ0v) is 12.9. The predicted octanol–water partition coefficient (Wildman–Crippen LogP) is -0.973. The van der Waals surface area contributed by atoms with E-state index in [1.165, 1.54) is 0 Å². The Hall–Kier alpha value is -1.64. The molecule has 126 valence electrons. The summed E-state index contributed by atoms with van der Waals surface area (Å²) in [6, 6.07) is 0. The molecule has 8 heteroatoms. The summed E-state index contributed by atoms with van der Waals surface area (Å²) in [4.78, 5) is 47.8. The van der Waals surface area contributed by atoms with Gasteiger partial charge in [0.05, 0.1) is 19.6 Å². The molecule has 0 fully saturated rings. The van der Waals surface area contributed by atoms with Crippen LogP contribution >= 0.6 is 0 Å². The molecule has 0 saturated heterocycles. The first kappa shape index (κ1) is 20.4. The van der Waals surface area contributed by atoms with E-state index in [4.69, 9.17) is 17.2 Å².